The Morgan fingerprint density at radius 1 is 1.29 bits per heavy atom. The Kier molecular flexibility index (Phi) is 5.49. The second kappa shape index (κ2) is 6.41. The van der Waals surface area contributed by atoms with E-state index in [1.807, 2.05) is 0 Å². The van der Waals surface area contributed by atoms with Crippen molar-refractivity contribution in [2.75, 3.05) is 13.2 Å². The molecule has 1 saturated carbocycles. The van der Waals surface area contributed by atoms with Gasteiger partial charge in [-0.25, -0.2) is 0 Å². The maximum Gasteiger partial charge on any atom is 0.0625 e. The molecule has 0 aromatic rings. The second-order valence-electron chi connectivity index (χ2n) is 4.59. The molecule has 1 N–H and O–H groups in total. The molecule has 0 aromatic heterocycles. The Bertz CT molecular complexity index is 141. The molecule has 0 spiro atoms. The molecule has 1 aliphatic carbocycles. The number of hydrogen-bond acceptors (Lipinski definition) is 2. The van der Waals surface area contributed by atoms with Gasteiger partial charge in [-0.3, -0.25) is 0 Å². The van der Waals surface area contributed by atoms with E-state index in [9.17, 15) is 0 Å². The van der Waals surface area contributed by atoms with Crippen LogP contribution in [0.25, 0.3) is 0 Å². The Morgan fingerprint density at radius 2 is 1.93 bits per heavy atom. The summed E-state index contributed by atoms with van der Waals surface area (Å²) >= 11 is 0. The van der Waals surface area contributed by atoms with Crippen molar-refractivity contribution in [1.82, 2.24) is 5.32 Å². The first-order valence-corrected chi connectivity index (χ1v) is 6.09. The summed E-state index contributed by atoms with van der Waals surface area (Å²) < 4.78 is 5.71. The summed E-state index contributed by atoms with van der Waals surface area (Å²) in [6.45, 7) is 8.34. The highest BCUT2D eigenvalue weighted by atomic mass is 16.5. The van der Waals surface area contributed by atoms with Crippen LogP contribution in [-0.2, 0) is 4.74 Å². The van der Waals surface area contributed by atoms with E-state index in [1.54, 1.807) is 0 Å². The van der Waals surface area contributed by atoms with Gasteiger partial charge in [0.1, 0.15) is 0 Å². The minimum atomic E-state index is 0.359. The molecule has 0 amide bonds. The van der Waals surface area contributed by atoms with Crippen molar-refractivity contribution in [3.05, 3.63) is 0 Å². The second-order valence-corrected chi connectivity index (χ2v) is 4.59. The van der Waals surface area contributed by atoms with Crippen molar-refractivity contribution in [3.8, 4) is 0 Å². The lowest BCUT2D eigenvalue weighted by atomic mass is 9.99. The van der Waals surface area contributed by atoms with Gasteiger partial charge in [-0.1, -0.05) is 19.8 Å². The molecule has 0 saturated heterocycles. The highest BCUT2D eigenvalue weighted by Gasteiger charge is 2.24. The van der Waals surface area contributed by atoms with Gasteiger partial charge in [-0.2, -0.15) is 0 Å². The van der Waals surface area contributed by atoms with Crippen molar-refractivity contribution < 1.29 is 4.74 Å². The molecule has 1 aliphatic rings. The molecule has 0 aliphatic heterocycles. The summed E-state index contributed by atoms with van der Waals surface area (Å²) in [7, 11) is 0. The van der Waals surface area contributed by atoms with Crippen LogP contribution in [0.4, 0.5) is 0 Å². The van der Waals surface area contributed by atoms with Crippen molar-refractivity contribution in [3.63, 3.8) is 0 Å². The van der Waals surface area contributed by atoms with E-state index in [4.69, 9.17) is 4.74 Å². The lowest BCUT2D eigenvalue weighted by Gasteiger charge is -2.25. The van der Waals surface area contributed by atoms with Gasteiger partial charge in [-0.05, 0) is 39.2 Å². The largest absolute Gasteiger partial charge is 0.377 e. The molecular weight excluding hydrogens is 174 g/mol. The number of hydrogen-bond donors (Lipinski definition) is 1. The maximum absolute atomic E-state index is 5.71. The molecule has 1 atom stereocenters. The molecule has 1 unspecified atom stereocenters. The minimum Gasteiger partial charge on any atom is -0.377 e. The molecule has 1 fully saturated rings. The summed E-state index contributed by atoms with van der Waals surface area (Å²) in [6, 6.07) is 0.588. The molecule has 1 rings (SSSR count). The van der Waals surface area contributed by atoms with Crippen LogP contribution in [0, 0.1) is 5.92 Å². The van der Waals surface area contributed by atoms with E-state index in [-0.39, 0.29) is 0 Å². The van der Waals surface area contributed by atoms with Crippen LogP contribution in [0.15, 0.2) is 0 Å². The summed E-state index contributed by atoms with van der Waals surface area (Å²) in [5.74, 6) is 0.855. The normalized spacial score (nSPS) is 20.6. The zero-order valence-corrected chi connectivity index (χ0v) is 9.88. The Labute approximate surface area is 88.4 Å². The predicted octanol–water partition coefficient (Wildman–Crippen LogP) is 2.58. The third kappa shape index (κ3) is 3.97. The van der Waals surface area contributed by atoms with Gasteiger partial charge >= 0.3 is 0 Å². The van der Waals surface area contributed by atoms with Crippen LogP contribution >= 0.6 is 0 Å². The van der Waals surface area contributed by atoms with E-state index in [1.165, 1.54) is 25.7 Å². The lowest BCUT2D eigenvalue weighted by Crippen LogP contribution is -2.39. The third-order valence-corrected chi connectivity index (χ3v) is 3.04. The van der Waals surface area contributed by atoms with Gasteiger partial charge in [0.05, 0.1) is 12.7 Å². The first kappa shape index (κ1) is 12.0. The zero-order chi connectivity index (χ0) is 10.4. The van der Waals surface area contributed by atoms with Gasteiger partial charge in [0.15, 0.2) is 0 Å². The van der Waals surface area contributed by atoms with Crippen molar-refractivity contribution in [2.24, 2.45) is 5.92 Å². The number of rotatable bonds is 6. The van der Waals surface area contributed by atoms with Crippen LogP contribution in [0.5, 0.6) is 0 Å². The summed E-state index contributed by atoms with van der Waals surface area (Å²) in [5.41, 5.74) is 0. The van der Waals surface area contributed by atoms with E-state index in [2.05, 4.69) is 26.1 Å². The number of nitrogens with one attached hydrogen (secondary N) is 1. The Balaban J connectivity index is 2.29. The highest BCUT2D eigenvalue weighted by Crippen LogP contribution is 2.27. The van der Waals surface area contributed by atoms with Gasteiger partial charge in [-0.15, -0.1) is 0 Å². The fourth-order valence-electron chi connectivity index (χ4n) is 2.28. The van der Waals surface area contributed by atoms with Gasteiger partial charge in [0.25, 0.3) is 0 Å². The monoisotopic (exact) mass is 199 g/mol. The molecule has 2 heteroatoms. The fraction of sp³-hybridized carbons (Fsp3) is 1.00. The van der Waals surface area contributed by atoms with Gasteiger partial charge in [0, 0.05) is 6.04 Å². The SMILES string of the molecule is CCNC(COC(C)C)C1CCCC1. The molecule has 14 heavy (non-hydrogen) atoms. The van der Waals surface area contributed by atoms with E-state index in [0.29, 0.717) is 12.1 Å². The van der Waals surface area contributed by atoms with Crippen molar-refractivity contribution in [1.29, 1.82) is 0 Å². The maximum atomic E-state index is 5.71. The molecule has 0 bridgehead atoms. The van der Waals surface area contributed by atoms with Crippen LogP contribution in [0.3, 0.4) is 0 Å². The lowest BCUT2D eigenvalue weighted by molar-refractivity contribution is 0.0491. The minimum absolute atomic E-state index is 0.359. The average Bonchev–Trinajstić information content (AvgIpc) is 2.64. The van der Waals surface area contributed by atoms with E-state index in [0.717, 1.165) is 19.1 Å². The zero-order valence-electron chi connectivity index (χ0n) is 9.88. The van der Waals surface area contributed by atoms with Crippen molar-refractivity contribution in [2.45, 2.75) is 58.6 Å². The summed E-state index contributed by atoms with van der Waals surface area (Å²) in [6.07, 6.45) is 5.96. The van der Waals surface area contributed by atoms with E-state index < -0.39 is 0 Å². The Hall–Kier alpha value is -0.0800. The number of likely N-dealkylation sites (N-methyl/N-ethyl adjacent to an activating group) is 1. The van der Waals surface area contributed by atoms with Gasteiger partial charge in [0.2, 0.25) is 0 Å². The first-order valence-electron chi connectivity index (χ1n) is 6.09. The first-order chi connectivity index (χ1) is 6.74. The van der Waals surface area contributed by atoms with Gasteiger partial charge < -0.3 is 10.1 Å². The fourth-order valence-corrected chi connectivity index (χ4v) is 2.28. The number of ether oxygens (including phenoxy) is 1. The molecule has 2 nitrogen and oxygen atoms in total. The van der Waals surface area contributed by atoms with Crippen LogP contribution in [-0.4, -0.2) is 25.3 Å². The smallest absolute Gasteiger partial charge is 0.0625 e. The molecular formula is C12H25NO. The van der Waals surface area contributed by atoms with Crippen LogP contribution in [0.2, 0.25) is 0 Å². The standard InChI is InChI=1S/C12H25NO/c1-4-13-12(9-14-10(2)3)11-7-5-6-8-11/h10-13H,4-9H2,1-3H3. The molecule has 0 heterocycles. The highest BCUT2D eigenvalue weighted by molar-refractivity contribution is 4.80. The third-order valence-electron chi connectivity index (χ3n) is 3.04. The summed E-state index contributed by atoms with van der Waals surface area (Å²) in [5, 5.41) is 3.55. The Morgan fingerprint density at radius 3 is 2.43 bits per heavy atom. The van der Waals surface area contributed by atoms with E-state index >= 15 is 0 Å². The molecule has 0 radical (unpaired) electrons. The van der Waals surface area contributed by atoms with Crippen LogP contribution < -0.4 is 5.32 Å². The van der Waals surface area contributed by atoms with Crippen molar-refractivity contribution >= 4 is 0 Å². The predicted molar refractivity (Wildman–Crippen MR) is 60.5 cm³/mol. The quantitative estimate of drug-likeness (QED) is 0.710. The topological polar surface area (TPSA) is 21.3 Å². The summed E-state index contributed by atoms with van der Waals surface area (Å²) in [4.78, 5) is 0. The molecule has 0 aromatic carbocycles. The van der Waals surface area contributed by atoms with Crippen LogP contribution in [0.1, 0.15) is 46.5 Å². The average molecular weight is 199 g/mol. The molecule has 84 valence electrons.